The van der Waals surface area contributed by atoms with Crippen molar-refractivity contribution in [3.8, 4) is 6.07 Å². The molecule has 7 heteroatoms. The van der Waals surface area contributed by atoms with Crippen LogP contribution in [0.2, 0.25) is 0 Å². The lowest BCUT2D eigenvalue weighted by Gasteiger charge is -2.23. The molecule has 0 amide bonds. The van der Waals surface area contributed by atoms with Gasteiger partial charge >= 0.3 is 6.18 Å². The molecular formula is C10H11F3N4. The Morgan fingerprint density at radius 3 is 2.47 bits per heavy atom. The van der Waals surface area contributed by atoms with Crippen LogP contribution in [-0.4, -0.2) is 23.3 Å². The summed E-state index contributed by atoms with van der Waals surface area (Å²) in [6, 6.07) is 3.96. The number of hydrogen-bond acceptors (Lipinski definition) is 4. The lowest BCUT2D eigenvalue weighted by molar-refractivity contribution is -0.141. The van der Waals surface area contributed by atoms with E-state index in [1.54, 1.807) is 18.9 Å². The van der Waals surface area contributed by atoms with Gasteiger partial charge in [0.25, 0.3) is 0 Å². The number of anilines is 1. The molecule has 17 heavy (non-hydrogen) atoms. The molecule has 0 aliphatic heterocycles. The number of alkyl halides is 3. The standard InChI is InChI=1S/C10H11F3N4/c1-7(5-6-14)17(2)9-4-3-8(15-16-9)10(11,12)13/h3-4,7H,5H2,1-2H3. The van der Waals surface area contributed by atoms with E-state index in [4.69, 9.17) is 5.26 Å². The highest BCUT2D eigenvalue weighted by Crippen LogP contribution is 2.27. The first-order valence-corrected chi connectivity index (χ1v) is 4.87. The van der Waals surface area contributed by atoms with Crippen molar-refractivity contribution in [3.05, 3.63) is 17.8 Å². The topological polar surface area (TPSA) is 52.8 Å². The Balaban J connectivity index is 2.85. The SMILES string of the molecule is CC(CC#N)N(C)c1ccc(C(F)(F)F)nn1. The van der Waals surface area contributed by atoms with Crippen LogP contribution in [0, 0.1) is 11.3 Å². The number of rotatable bonds is 3. The fraction of sp³-hybridized carbons (Fsp3) is 0.500. The zero-order chi connectivity index (χ0) is 13.1. The average Bonchev–Trinajstić information content (AvgIpc) is 2.27. The van der Waals surface area contributed by atoms with Crippen molar-refractivity contribution in [2.45, 2.75) is 25.6 Å². The van der Waals surface area contributed by atoms with Crippen LogP contribution in [0.3, 0.4) is 0 Å². The molecule has 92 valence electrons. The quantitative estimate of drug-likeness (QED) is 0.818. The van der Waals surface area contributed by atoms with Crippen molar-refractivity contribution >= 4 is 5.82 Å². The molecule has 1 aromatic heterocycles. The summed E-state index contributed by atoms with van der Waals surface area (Å²) in [7, 11) is 1.65. The molecule has 0 saturated heterocycles. The molecule has 4 nitrogen and oxygen atoms in total. The zero-order valence-electron chi connectivity index (χ0n) is 9.36. The van der Waals surface area contributed by atoms with Gasteiger partial charge in [0.05, 0.1) is 12.5 Å². The van der Waals surface area contributed by atoms with Gasteiger partial charge in [0.2, 0.25) is 0 Å². The first-order valence-electron chi connectivity index (χ1n) is 4.87. The molecule has 0 saturated carbocycles. The van der Waals surface area contributed by atoms with Gasteiger partial charge in [-0.1, -0.05) is 0 Å². The summed E-state index contributed by atoms with van der Waals surface area (Å²) in [6.07, 6.45) is -4.22. The second-order valence-corrected chi connectivity index (χ2v) is 3.60. The molecule has 0 fully saturated rings. The van der Waals surface area contributed by atoms with E-state index in [1.807, 2.05) is 6.07 Å². The maximum atomic E-state index is 12.2. The lowest BCUT2D eigenvalue weighted by atomic mass is 10.2. The van der Waals surface area contributed by atoms with Crippen LogP contribution in [0.1, 0.15) is 19.0 Å². The van der Waals surface area contributed by atoms with E-state index in [0.29, 0.717) is 5.82 Å². The second-order valence-electron chi connectivity index (χ2n) is 3.60. The Morgan fingerprint density at radius 2 is 2.06 bits per heavy atom. The van der Waals surface area contributed by atoms with Crippen LogP contribution in [-0.2, 0) is 6.18 Å². The van der Waals surface area contributed by atoms with Gasteiger partial charge < -0.3 is 4.90 Å². The first kappa shape index (κ1) is 13.2. The number of aromatic nitrogens is 2. The lowest BCUT2D eigenvalue weighted by Crippen LogP contribution is -2.29. The summed E-state index contributed by atoms with van der Waals surface area (Å²) in [6.45, 7) is 1.78. The Bertz CT molecular complexity index is 407. The van der Waals surface area contributed by atoms with Crippen LogP contribution in [0.5, 0.6) is 0 Å². The van der Waals surface area contributed by atoms with E-state index >= 15 is 0 Å². The Morgan fingerprint density at radius 1 is 1.41 bits per heavy atom. The molecule has 1 atom stereocenters. The van der Waals surface area contributed by atoms with Gasteiger partial charge in [-0.15, -0.1) is 10.2 Å². The van der Waals surface area contributed by atoms with E-state index in [-0.39, 0.29) is 12.5 Å². The second kappa shape index (κ2) is 4.99. The molecule has 1 heterocycles. The highest BCUT2D eigenvalue weighted by atomic mass is 19.4. The number of nitrogens with zero attached hydrogens (tertiary/aromatic N) is 4. The zero-order valence-corrected chi connectivity index (χ0v) is 9.36. The molecule has 1 aromatic rings. The average molecular weight is 244 g/mol. The number of nitriles is 1. The van der Waals surface area contributed by atoms with Gasteiger partial charge in [-0.3, -0.25) is 0 Å². The fourth-order valence-corrected chi connectivity index (χ4v) is 1.16. The smallest absolute Gasteiger partial charge is 0.354 e. The van der Waals surface area contributed by atoms with Gasteiger partial charge in [0.15, 0.2) is 11.5 Å². The van der Waals surface area contributed by atoms with Crippen molar-refractivity contribution in [2.75, 3.05) is 11.9 Å². The maximum absolute atomic E-state index is 12.2. The van der Waals surface area contributed by atoms with E-state index in [9.17, 15) is 13.2 Å². The van der Waals surface area contributed by atoms with Gasteiger partial charge in [-0.25, -0.2) is 0 Å². The highest BCUT2D eigenvalue weighted by molar-refractivity contribution is 5.37. The normalized spacial score (nSPS) is 12.9. The summed E-state index contributed by atoms with van der Waals surface area (Å²) < 4.78 is 36.7. The minimum atomic E-state index is -4.48. The van der Waals surface area contributed by atoms with E-state index in [2.05, 4.69) is 10.2 Å². The third kappa shape index (κ3) is 3.31. The van der Waals surface area contributed by atoms with Crippen LogP contribution < -0.4 is 4.90 Å². The molecule has 1 unspecified atom stereocenters. The van der Waals surface area contributed by atoms with E-state index < -0.39 is 11.9 Å². The van der Waals surface area contributed by atoms with Crippen molar-refractivity contribution in [1.82, 2.24) is 10.2 Å². The highest BCUT2D eigenvalue weighted by Gasteiger charge is 2.33. The monoisotopic (exact) mass is 244 g/mol. The van der Waals surface area contributed by atoms with Crippen molar-refractivity contribution in [1.29, 1.82) is 5.26 Å². The number of halogens is 3. The molecule has 0 aliphatic rings. The maximum Gasteiger partial charge on any atom is 0.435 e. The predicted molar refractivity (Wildman–Crippen MR) is 55.1 cm³/mol. The Labute approximate surface area is 96.7 Å². The van der Waals surface area contributed by atoms with Crippen molar-refractivity contribution in [2.24, 2.45) is 0 Å². The molecule has 0 N–H and O–H groups in total. The van der Waals surface area contributed by atoms with E-state index in [0.717, 1.165) is 6.07 Å². The van der Waals surface area contributed by atoms with Crippen molar-refractivity contribution in [3.63, 3.8) is 0 Å². The van der Waals surface area contributed by atoms with Gasteiger partial charge in [0, 0.05) is 13.1 Å². The Hall–Kier alpha value is -1.84. The fourth-order valence-electron chi connectivity index (χ4n) is 1.16. The third-order valence-electron chi connectivity index (χ3n) is 2.35. The van der Waals surface area contributed by atoms with E-state index in [1.165, 1.54) is 6.07 Å². The van der Waals surface area contributed by atoms with Gasteiger partial charge in [-0.2, -0.15) is 18.4 Å². The molecule has 0 aliphatic carbocycles. The van der Waals surface area contributed by atoms with Crippen LogP contribution in [0.15, 0.2) is 12.1 Å². The van der Waals surface area contributed by atoms with Gasteiger partial charge in [0.1, 0.15) is 0 Å². The minimum Gasteiger partial charge on any atom is -0.354 e. The van der Waals surface area contributed by atoms with Crippen LogP contribution in [0.4, 0.5) is 19.0 Å². The predicted octanol–water partition coefficient (Wildman–Crippen LogP) is 2.23. The summed E-state index contributed by atoms with van der Waals surface area (Å²) in [5, 5.41) is 15.1. The third-order valence-corrected chi connectivity index (χ3v) is 2.35. The summed E-state index contributed by atoms with van der Waals surface area (Å²) in [4.78, 5) is 1.61. The first-order chi connectivity index (χ1) is 7.86. The van der Waals surface area contributed by atoms with Crippen LogP contribution >= 0.6 is 0 Å². The summed E-state index contributed by atoms with van der Waals surface area (Å²) >= 11 is 0. The largest absolute Gasteiger partial charge is 0.435 e. The summed E-state index contributed by atoms with van der Waals surface area (Å²) in [5.74, 6) is 0.306. The van der Waals surface area contributed by atoms with Gasteiger partial charge in [-0.05, 0) is 19.1 Å². The summed E-state index contributed by atoms with van der Waals surface area (Å²) in [5.41, 5.74) is -1.03. The van der Waals surface area contributed by atoms with Crippen LogP contribution in [0.25, 0.3) is 0 Å². The molecule has 0 bridgehead atoms. The molecule has 0 aromatic carbocycles. The molecule has 0 spiro atoms. The molecular weight excluding hydrogens is 233 g/mol. The molecule has 1 rings (SSSR count). The number of hydrogen-bond donors (Lipinski definition) is 0. The van der Waals surface area contributed by atoms with Crippen molar-refractivity contribution < 1.29 is 13.2 Å². The Kier molecular flexibility index (Phi) is 3.89. The molecule has 0 radical (unpaired) electrons. The minimum absolute atomic E-state index is 0.133.